The molecule has 27 heavy (non-hydrogen) atoms. The second-order valence-corrected chi connectivity index (χ2v) is 7.40. The zero-order valence-corrected chi connectivity index (χ0v) is 16.9. The molecule has 6 nitrogen and oxygen atoms in total. The fourth-order valence-corrected chi connectivity index (χ4v) is 3.20. The minimum Gasteiger partial charge on any atom is -0.469 e. The summed E-state index contributed by atoms with van der Waals surface area (Å²) in [5, 5.41) is 6.45. The monoisotopic (exact) mass is 432 g/mol. The highest BCUT2D eigenvalue weighted by Gasteiger charge is 2.17. The van der Waals surface area contributed by atoms with E-state index >= 15 is 0 Å². The third-order valence-electron chi connectivity index (χ3n) is 4.44. The molecular weight excluding hydrogens is 408 g/mol. The van der Waals surface area contributed by atoms with E-state index < -0.39 is 0 Å². The summed E-state index contributed by atoms with van der Waals surface area (Å²) in [5.74, 6) is 1.68. The number of rotatable bonds is 7. The zero-order chi connectivity index (χ0) is 18.9. The van der Waals surface area contributed by atoms with E-state index in [4.69, 9.17) is 4.42 Å². The summed E-state index contributed by atoms with van der Waals surface area (Å²) in [6.07, 6.45) is 4.62. The predicted octanol–water partition coefficient (Wildman–Crippen LogP) is 2.94. The first kappa shape index (κ1) is 19.5. The number of hydrogen-bond acceptors (Lipinski definition) is 3. The van der Waals surface area contributed by atoms with Gasteiger partial charge in [0.05, 0.1) is 19.4 Å². The van der Waals surface area contributed by atoms with Gasteiger partial charge in [-0.05, 0) is 42.7 Å². The van der Waals surface area contributed by atoms with Crippen LogP contribution in [-0.2, 0) is 17.8 Å². The van der Waals surface area contributed by atoms with Crippen molar-refractivity contribution in [3.8, 4) is 0 Å². The van der Waals surface area contributed by atoms with E-state index in [-0.39, 0.29) is 12.5 Å². The number of furan rings is 1. The first-order chi connectivity index (χ1) is 13.2. The number of nitrogens with one attached hydrogen (secondary N) is 2. The van der Waals surface area contributed by atoms with E-state index in [0.717, 1.165) is 48.1 Å². The highest BCUT2D eigenvalue weighted by molar-refractivity contribution is 9.10. The number of carbonyl (C=O) groups is 1. The van der Waals surface area contributed by atoms with Gasteiger partial charge in [0.1, 0.15) is 5.76 Å². The van der Waals surface area contributed by atoms with Crippen LogP contribution in [0.3, 0.4) is 0 Å². The molecule has 1 aromatic heterocycles. The summed E-state index contributed by atoms with van der Waals surface area (Å²) in [6.45, 7) is 3.20. The van der Waals surface area contributed by atoms with Crippen LogP contribution in [0.25, 0.3) is 0 Å². The van der Waals surface area contributed by atoms with Crippen molar-refractivity contribution in [1.29, 1.82) is 0 Å². The highest BCUT2D eigenvalue weighted by Crippen LogP contribution is 2.11. The number of carbonyl (C=O) groups excluding carboxylic acids is 1. The highest BCUT2D eigenvalue weighted by atomic mass is 79.9. The van der Waals surface area contributed by atoms with Gasteiger partial charge in [0, 0.05) is 30.5 Å². The van der Waals surface area contributed by atoms with Crippen LogP contribution >= 0.6 is 15.9 Å². The summed E-state index contributed by atoms with van der Waals surface area (Å²) in [4.78, 5) is 18.8. The lowest BCUT2D eigenvalue weighted by Gasteiger charge is -2.17. The standard InChI is InChI=1S/C20H25BrN4O2/c21-17-7-5-16(6-8-17)14-23-20(22-10-9-18-4-3-13-27-18)24-15-19(26)25-11-1-2-12-25/h3-8,13H,1-2,9-12,14-15H2,(H2,22,23,24). The van der Waals surface area contributed by atoms with E-state index in [1.54, 1.807) is 6.26 Å². The number of halogens is 1. The Morgan fingerprint density at radius 2 is 1.93 bits per heavy atom. The molecule has 1 aliphatic heterocycles. The number of guanidine groups is 1. The number of hydrogen-bond donors (Lipinski definition) is 2. The number of likely N-dealkylation sites (tertiary alicyclic amines) is 1. The van der Waals surface area contributed by atoms with E-state index in [1.807, 2.05) is 41.3 Å². The summed E-state index contributed by atoms with van der Waals surface area (Å²) < 4.78 is 6.40. The van der Waals surface area contributed by atoms with Crippen molar-refractivity contribution in [2.24, 2.45) is 4.99 Å². The molecular formula is C20H25BrN4O2. The maximum atomic E-state index is 12.3. The molecule has 0 spiro atoms. The van der Waals surface area contributed by atoms with Gasteiger partial charge >= 0.3 is 0 Å². The molecule has 1 aliphatic rings. The summed E-state index contributed by atoms with van der Waals surface area (Å²) in [5.41, 5.74) is 1.11. The lowest BCUT2D eigenvalue weighted by atomic mass is 10.2. The second kappa shape index (κ2) is 10.2. The molecule has 3 rings (SSSR count). The van der Waals surface area contributed by atoms with Crippen molar-refractivity contribution in [3.05, 3.63) is 58.5 Å². The van der Waals surface area contributed by atoms with Crippen LogP contribution in [0.1, 0.15) is 24.2 Å². The number of amides is 1. The van der Waals surface area contributed by atoms with Crippen LogP contribution in [0.15, 0.2) is 56.5 Å². The normalized spacial score (nSPS) is 14.4. The molecule has 0 aliphatic carbocycles. The predicted molar refractivity (Wildman–Crippen MR) is 110 cm³/mol. The Hall–Kier alpha value is -2.28. The average molecular weight is 433 g/mol. The Kier molecular flexibility index (Phi) is 7.33. The SMILES string of the molecule is O=C(CNC(=NCc1ccc(Br)cc1)NCCc1ccco1)N1CCCC1. The fourth-order valence-electron chi connectivity index (χ4n) is 2.93. The van der Waals surface area contributed by atoms with Gasteiger partial charge in [0.15, 0.2) is 5.96 Å². The molecule has 7 heteroatoms. The molecule has 0 radical (unpaired) electrons. The number of benzene rings is 1. The van der Waals surface area contributed by atoms with Gasteiger partial charge in [-0.2, -0.15) is 0 Å². The molecule has 2 N–H and O–H groups in total. The lowest BCUT2D eigenvalue weighted by molar-refractivity contribution is -0.128. The Balaban J connectivity index is 1.55. The largest absolute Gasteiger partial charge is 0.469 e. The van der Waals surface area contributed by atoms with Gasteiger partial charge in [-0.3, -0.25) is 4.79 Å². The third-order valence-corrected chi connectivity index (χ3v) is 4.97. The number of aliphatic imine (C=N–C) groups is 1. The van der Waals surface area contributed by atoms with Gasteiger partial charge in [-0.25, -0.2) is 4.99 Å². The van der Waals surface area contributed by atoms with Crippen LogP contribution in [0.4, 0.5) is 0 Å². The third kappa shape index (κ3) is 6.43. The molecule has 1 saturated heterocycles. The molecule has 0 unspecified atom stereocenters. The van der Waals surface area contributed by atoms with Crippen LogP contribution in [0.2, 0.25) is 0 Å². The smallest absolute Gasteiger partial charge is 0.241 e. The average Bonchev–Trinajstić information content (AvgIpc) is 3.38. The van der Waals surface area contributed by atoms with E-state index in [1.165, 1.54) is 0 Å². The number of nitrogens with zero attached hydrogens (tertiary/aromatic N) is 2. The van der Waals surface area contributed by atoms with Crippen molar-refractivity contribution >= 4 is 27.8 Å². The molecule has 0 bridgehead atoms. The Bertz CT molecular complexity index is 738. The lowest BCUT2D eigenvalue weighted by Crippen LogP contribution is -2.44. The van der Waals surface area contributed by atoms with Crippen LogP contribution in [0.5, 0.6) is 0 Å². The molecule has 2 heterocycles. The van der Waals surface area contributed by atoms with Crippen molar-refractivity contribution in [1.82, 2.24) is 15.5 Å². The van der Waals surface area contributed by atoms with Crippen LogP contribution < -0.4 is 10.6 Å². The topological polar surface area (TPSA) is 69.9 Å². The van der Waals surface area contributed by atoms with Gasteiger partial charge in [0.25, 0.3) is 0 Å². The molecule has 144 valence electrons. The first-order valence-electron chi connectivity index (χ1n) is 9.27. The summed E-state index contributed by atoms with van der Waals surface area (Å²) in [7, 11) is 0. The zero-order valence-electron chi connectivity index (χ0n) is 15.3. The minimum atomic E-state index is 0.122. The van der Waals surface area contributed by atoms with Crippen LogP contribution in [-0.4, -0.2) is 42.9 Å². The molecule has 0 atom stereocenters. The quantitative estimate of drug-likeness (QED) is 0.521. The minimum absolute atomic E-state index is 0.122. The Morgan fingerprint density at radius 3 is 2.63 bits per heavy atom. The van der Waals surface area contributed by atoms with Crippen molar-refractivity contribution < 1.29 is 9.21 Å². The van der Waals surface area contributed by atoms with E-state index in [2.05, 4.69) is 31.6 Å². The van der Waals surface area contributed by atoms with E-state index in [9.17, 15) is 4.79 Å². The maximum Gasteiger partial charge on any atom is 0.241 e. The molecule has 1 aromatic carbocycles. The van der Waals surface area contributed by atoms with Gasteiger partial charge in [-0.15, -0.1) is 0 Å². The summed E-state index contributed by atoms with van der Waals surface area (Å²) >= 11 is 3.44. The van der Waals surface area contributed by atoms with Crippen LogP contribution in [0, 0.1) is 0 Å². The molecule has 1 fully saturated rings. The molecule has 1 amide bonds. The van der Waals surface area contributed by atoms with Gasteiger partial charge < -0.3 is 20.0 Å². The van der Waals surface area contributed by atoms with E-state index in [0.29, 0.717) is 19.0 Å². The Morgan fingerprint density at radius 1 is 1.15 bits per heavy atom. The van der Waals surface area contributed by atoms with Gasteiger partial charge in [-0.1, -0.05) is 28.1 Å². The molecule has 0 saturated carbocycles. The van der Waals surface area contributed by atoms with Crippen molar-refractivity contribution in [3.63, 3.8) is 0 Å². The fraction of sp³-hybridized carbons (Fsp3) is 0.400. The molecule has 2 aromatic rings. The second-order valence-electron chi connectivity index (χ2n) is 6.49. The first-order valence-corrected chi connectivity index (χ1v) is 10.1. The summed E-state index contributed by atoms with van der Waals surface area (Å²) in [6, 6.07) is 11.9. The Labute approximate surface area is 168 Å². The van der Waals surface area contributed by atoms with Gasteiger partial charge in [0.2, 0.25) is 5.91 Å². The van der Waals surface area contributed by atoms with Crippen molar-refractivity contribution in [2.45, 2.75) is 25.8 Å². The van der Waals surface area contributed by atoms with Crippen molar-refractivity contribution in [2.75, 3.05) is 26.2 Å². The maximum absolute atomic E-state index is 12.3.